The minimum Gasteiger partial charge on any atom is -0.456 e. The molecule has 4 rings (SSSR count). The third-order valence-corrected chi connectivity index (χ3v) is 5.33. The number of carbonyl (C=O) groups is 3. The topological polar surface area (TPSA) is 97.5 Å². The molecule has 34 heavy (non-hydrogen) atoms. The smallest absolute Gasteiger partial charge is 0.408 e. The van der Waals surface area contributed by atoms with Crippen molar-refractivity contribution < 1.29 is 23.9 Å². The van der Waals surface area contributed by atoms with Gasteiger partial charge in [0.2, 0.25) is 0 Å². The van der Waals surface area contributed by atoms with E-state index in [-0.39, 0.29) is 18.8 Å². The van der Waals surface area contributed by atoms with Crippen LogP contribution in [0.1, 0.15) is 21.5 Å². The molecule has 0 aliphatic carbocycles. The van der Waals surface area contributed by atoms with Gasteiger partial charge in [-0.15, -0.1) is 0 Å². The van der Waals surface area contributed by atoms with Gasteiger partial charge in [-0.2, -0.15) is 0 Å². The molecule has 0 spiro atoms. The Morgan fingerprint density at radius 3 is 2.26 bits per heavy atom. The predicted octanol–water partition coefficient (Wildman–Crippen LogP) is 4.43. The molecule has 0 aliphatic heterocycles. The second-order valence-corrected chi connectivity index (χ2v) is 7.72. The zero-order valence-corrected chi connectivity index (χ0v) is 18.4. The van der Waals surface area contributed by atoms with Crippen LogP contribution in [-0.2, 0) is 27.3 Å². The number of rotatable bonds is 9. The van der Waals surface area contributed by atoms with E-state index in [1.807, 2.05) is 54.6 Å². The number of alkyl carbamates (subject to hydrolysis) is 1. The van der Waals surface area contributed by atoms with Crippen LogP contribution >= 0.6 is 0 Å². The Kier molecular flexibility index (Phi) is 7.35. The van der Waals surface area contributed by atoms with E-state index >= 15 is 0 Å². The number of carbonyl (C=O) groups excluding carboxylic acids is 3. The first-order valence-corrected chi connectivity index (χ1v) is 10.9. The third kappa shape index (κ3) is 5.89. The average molecular weight is 456 g/mol. The van der Waals surface area contributed by atoms with Crippen molar-refractivity contribution in [2.45, 2.75) is 19.1 Å². The van der Waals surface area contributed by atoms with Crippen molar-refractivity contribution >= 4 is 28.7 Å². The van der Waals surface area contributed by atoms with E-state index in [2.05, 4.69) is 10.3 Å². The van der Waals surface area contributed by atoms with Crippen molar-refractivity contribution in [2.75, 3.05) is 6.61 Å². The van der Waals surface area contributed by atoms with Crippen molar-refractivity contribution in [3.63, 3.8) is 0 Å². The molecular formula is C27H24N2O5. The van der Waals surface area contributed by atoms with Crippen LogP contribution in [0.15, 0.2) is 91.1 Å². The monoisotopic (exact) mass is 456 g/mol. The number of fused-ring (bicyclic) bond motifs is 1. The Labute approximate surface area is 196 Å². The first-order valence-electron chi connectivity index (χ1n) is 10.9. The van der Waals surface area contributed by atoms with Crippen LogP contribution in [0, 0.1) is 0 Å². The fourth-order valence-corrected chi connectivity index (χ4v) is 3.57. The number of aromatic nitrogens is 1. The SMILES string of the molecule is O=C(N[C@@H](Cc1c[nH]c2ccccc12)C(=O)OCC(=O)c1ccccc1)OCc1ccccc1. The molecule has 7 nitrogen and oxygen atoms in total. The van der Waals surface area contributed by atoms with Gasteiger partial charge in [0.15, 0.2) is 12.4 Å². The Bertz CT molecular complexity index is 1270. The number of H-pyrrole nitrogens is 1. The Morgan fingerprint density at radius 1 is 0.824 bits per heavy atom. The number of ketones is 1. The summed E-state index contributed by atoms with van der Waals surface area (Å²) in [6.07, 6.45) is 1.21. The number of aromatic amines is 1. The molecule has 1 heterocycles. The molecule has 2 N–H and O–H groups in total. The molecule has 0 saturated carbocycles. The summed E-state index contributed by atoms with van der Waals surface area (Å²) in [4.78, 5) is 40.9. The normalized spacial score (nSPS) is 11.5. The molecule has 0 bridgehead atoms. The van der Waals surface area contributed by atoms with Gasteiger partial charge in [0.25, 0.3) is 0 Å². The standard InChI is InChI=1S/C27H24N2O5/c30-25(20-11-5-2-6-12-20)18-33-26(31)24(15-21-16-28-23-14-8-7-13-22(21)23)29-27(32)34-17-19-9-3-1-4-10-19/h1-14,16,24,28H,15,17-18H2,(H,29,32)/t24-/m0/s1. The molecule has 1 aromatic heterocycles. The molecule has 0 unspecified atom stereocenters. The lowest BCUT2D eigenvalue weighted by molar-refractivity contribution is -0.144. The largest absolute Gasteiger partial charge is 0.456 e. The van der Waals surface area contributed by atoms with Crippen LogP contribution in [0.3, 0.4) is 0 Å². The lowest BCUT2D eigenvalue weighted by Gasteiger charge is -2.17. The van der Waals surface area contributed by atoms with E-state index in [1.165, 1.54) is 0 Å². The maximum atomic E-state index is 12.9. The van der Waals surface area contributed by atoms with Gasteiger partial charge in [0.1, 0.15) is 12.6 Å². The summed E-state index contributed by atoms with van der Waals surface area (Å²) >= 11 is 0. The Balaban J connectivity index is 1.44. The first kappa shape index (κ1) is 22.8. The van der Waals surface area contributed by atoms with Crippen molar-refractivity contribution in [3.05, 3.63) is 108 Å². The van der Waals surface area contributed by atoms with E-state index in [9.17, 15) is 14.4 Å². The number of hydrogen-bond acceptors (Lipinski definition) is 5. The van der Waals surface area contributed by atoms with Crippen LogP contribution in [-0.4, -0.2) is 35.5 Å². The van der Waals surface area contributed by atoms with Gasteiger partial charge < -0.3 is 19.8 Å². The van der Waals surface area contributed by atoms with Gasteiger partial charge in [-0.25, -0.2) is 9.59 Å². The number of benzene rings is 3. The molecule has 1 atom stereocenters. The molecule has 172 valence electrons. The molecular weight excluding hydrogens is 432 g/mol. The molecule has 4 aromatic rings. The molecule has 0 fully saturated rings. The number of esters is 1. The summed E-state index contributed by atoms with van der Waals surface area (Å²) in [5.41, 5.74) is 3.01. The Morgan fingerprint density at radius 2 is 1.50 bits per heavy atom. The summed E-state index contributed by atoms with van der Waals surface area (Å²) in [5, 5.41) is 3.52. The highest BCUT2D eigenvalue weighted by Crippen LogP contribution is 2.19. The van der Waals surface area contributed by atoms with E-state index in [0.29, 0.717) is 5.56 Å². The second kappa shape index (κ2) is 11.0. The molecule has 1 amide bonds. The van der Waals surface area contributed by atoms with Crippen LogP contribution < -0.4 is 5.32 Å². The predicted molar refractivity (Wildman–Crippen MR) is 127 cm³/mol. The van der Waals surface area contributed by atoms with Gasteiger partial charge in [-0.3, -0.25) is 4.79 Å². The molecule has 7 heteroatoms. The lowest BCUT2D eigenvalue weighted by atomic mass is 10.1. The quantitative estimate of drug-likeness (QED) is 0.287. The minimum absolute atomic E-state index is 0.0635. The first-order chi connectivity index (χ1) is 16.6. The summed E-state index contributed by atoms with van der Waals surface area (Å²) < 4.78 is 10.6. The summed E-state index contributed by atoms with van der Waals surface area (Å²) in [6, 6.07) is 24.4. The van der Waals surface area contributed by atoms with Crippen LogP contribution in [0.2, 0.25) is 0 Å². The van der Waals surface area contributed by atoms with E-state index in [1.54, 1.807) is 36.5 Å². The Hall–Kier alpha value is -4.39. The van der Waals surface area contributed by atoms with Gasteiger partial charge >= 0.3 is 12.1 Å². The highest BCUT2D eigenvalue weighted by molar-refractivity contribution is 5.98. The zero-order chi connectivity index (χ0) is 23.8. The fraction of sp³-hybridized carbons (Fsp3) is 0.148. The number of hydrogen-bond donors (Lipinski definition) is 2. The minimum atomic E-state index is -1.04. The number of Topliss-reactive ketones (excluding diaryl/α,β-unsaturated/α-hetero) is 1. The molecule has 3 aromatic carbocycles. The number of amides is 1. The summed E-state index contributed by atoms with van der Waals surface area (Å²) in [6.45, 7) is -0.359. The lowest BCUT2D eigenvalue weighted by Crippen LogP contribution is -2.44. The van der Waals surface area contributed by atoms with Crippen LogP contribution in [0.5, 0.6) is 0 Å². The maximum Gasteiger partial charge on any atom is 0.408 e. The highest BCUT2D eigenvalue weighted by atomic mass is 16.6. The van der Waals surface area contributed by atoms with Crippen molar-refractivity contribution in [2.24, 2.45) is 0 Å². The van der Waals surface area contributed by atoms with E-state index in [0.717, 1.165) is 22.0 Å². The molecule has 0 radical (unpaired) electrons. The molecule has 0 aliphatic rings. The molecule has 0 saturated heterocycles. The van der Waals surface area contributed by atoms with Crippen molar-refractivity contribution in [1.29, 1.82) is 0 Å². The van der Waals surface area contributed by atoms with Crippen LogP contribution in [0.25, 0.3) is 10.9 Å². The average Bonchev–Trinajstić information content (AvgIpc) is 3.29. The second-order valence-electron chi connectivity index (χ2n) is 7.72. The summed E-state index contributed by atoms with van der Waals surface area (Å²) in [5.74, 6) is -1.04. The third-order valence-electron chi connectivity index (χ3n) is 5.33. The summed E-state index contributed by atoms with van der Waals surface area (Å²) in [7, 11) is 0. The van der Waals surface area contributed by atoms with Gasteiger partial charge in [-0.05, 0) is 17.2 Å². The van der Waals surface area contributed by atoms with Crippen molar-refractivity contribution in [3.8, 4) is 0 Å². The fourth-order valence-electron chi connectivity index (χ4n) is 3.57. The van der Waals surface area contributed by atoms with Crippen LogP contribution in [0.4, 0.5) is 4.79 Å². The van der Waals surface area contributed by atoms with Gasteiger partial charge in [0.05, 0.1) is 0 Å². The number of nitrogens with one attached hydrogen (secondary N) is 2. The van der Waals surface area contributed by atoms with Gasteiger partial charge in [0, 0.05) is 29.1 Å². The maximum absolute atomic E-state index is 12.9. The van der Waals surface area contributed by atoms with E-state index in [4.69, 9.17) is 9.47 Å². The highest BCUT2D eigenvalue weighted by Gasteiger charge is 2.25. The van der Waals surface area contributed by atoms with E-state index < -0.39 is 24.7 Å². The number of para-hydroxylation sites is 1. The van der Waals surface area contributed by atoms with Crippen molar-refractivity contribution in [1.82, 2.24) is 10.3 Å². The van der Waals surface area contributed by atoms with Gasteiger partial charge in [-0.1, -0.05) is 78.9 Å². The zero-order valence-electron chi connectivity index (χ0n) is 18.4. The number of ether oxygens (including phenoxy) is 2.